The van der Waals surface area contributed by atoms with Crippen molar-refractivity contribution in [2.45, 2.75) is 52.4 Å². The Kier molecular flexibility index (Phi) is 8.07. The Morgan fingerprint density at radius 1 is 1.28 bits per heavy atom. The van der Waals surface area contributed by atoms with Gasteiger partial charge in [0.25, 0.3) is 0 Å². The van der Waals surface area contributed by atoms with Crippen molar-refractivity contribution >= 4 is 11.8 Å². The molecule has 0 aliphatic carbocycles. The molecule has 0 bridgehead atoms. The van der Waals surface area contributed by atoms with Gasteiger partial charge in [-0.05, 0) is 45.7 Å². The molecule has 1 aliphatic heterocycles. The van der Waals surface area contributed by atoms with Gasteiger partial charge in [0, 0.05) is 19.6 Å². The van der Waals surface area contributed by atoms with Crippen LogP contribution in [0.1, 0.15) is 37.8 Å². The fourth-order valence-electron chi connectivity index (χ4n) is 3.59. The first-order valence-electron chi connectivity index (χ1n) is 10.0. The van der Waals surface area contributed by atoms with Crippen molar-refractivity contribution in [1.29, 1.82) is 0 Å². The maximum Gasteiger partial charge on any atom is 0.406 e. The summed E-state index contributed by atoms with van der Waals surface area (Å²) in [6.45, 7) is 5.45. The molecule has 1 aliphatic rings. The summed E-state index contributed by atoms with van der Waals surface area (Å²) in [5, 5.41) is 2.90. The van der Waals surface area contributed by atoms with Gasteiger partial charge in [-0.2, -0.15) is 13.2 Å². The van der Waals surface area contributed by atoms with Crippen LogP contribution in [-0.4, -0.2) is 60.0 Å². The van der Waals surface area contributed by atoms with Crippen LogP contribution in [0.4, 0.5) is 13.2 Å². The summed E-state index contributed by atoms with van der Waals surface area (Å²) < 4.78 is 38.2. The zero-order chi connectivity index (χ0) is 21.6. The maximum absolute atomic E-state index is 12.7. The highest BCUT2D eigenvalue weighted by atomic mass is 19.4. The van der Waals surface area contributed by atoms with E-state index in [0.29, 0.717) is 32.5 Å². The molecular weight excluding hydrogens is 383 g/mol. The number of alkyl halides is 3. The second-order valence-electron chi connectivity index (χ2n) is 7.68. The third-order valence-electron chi connectivity index (χ3n) is 5.38. The van der Waals surface area contributed by atoms with Crippen molar-refractivity contribution in [2.75, 3.05) is 26.2 Å². The number of benzene rings is 1. The average Bonchev–Trinajstić information content (AvgIpc) is 2.69. The Hall–Kier alpha value is -2.09. The van der Waals surface area contributed by atoms with Crippen LogP contribution < -0.4 is 5.32 Å². The van der Waals surface area contributed by atoms with Crippen molar-refractivity contribution in [3.8, 4) is 0 Å². The average molecular weight is 413 g/mol. The third-order valence-corrected chi connectivity index (χ3v) is 5.38. The lowest BCUT2D eigenvalue weighted by atomic mass is 9.95. The van der Waals surface area contributed by atoms with Gasteiger partial charge in [0.15, 0.2) is 0 Å². The van der Waals surface area contributed by atoms with Gasteiger partial charge in [0.1, 0.15) is 6.54 Å². The third kappa shape index (κ3) is 7.03. The van der Waals surface area contributed by atoms with E-state index in [9.17, 15) is 22.8 Å². The predicted octanol–water partition coefficient (Wildman–Crippen LogP) is 3.12. The van der Waals surface area contributed by atoms with Gasteiger partial charge in [-0.1, -0.05) is 29.8 Å². The molecule has 1 heterocycles. The number of nitrogens with one attached hydrogen (secondary N) is 1. The van der Waals surface area contributed by atoms with E-state index >= 15 is 0 Å². The highest BCUT2D eigenvalue weighted by molar-refractivity contribution is 5.82. The number of halogens is 3. The van der Waals surface area contributed by atoms with Crippen LogP contribution in [0.15, 0.2) is 24.3 Å². The van der Waals surface area contributed by atoms with E-state index in [1.807, 2.05) is 36.1 Å². The van der Waals surface area contributed by atoms with Crippen LogP contribution in [0, 0.1) is 12.8 Å². The zero-order valence-corrected chi connectivity index (χ0v) is 17.3. The fraction of sp³-hybridized carbons (Fsp3) is 0.619. The summed E-state index contributed by atoms with van der Waals surface area (Å²) in [6.07, 6.45) is -3.19. The van der Waals surface area contributed by atoms with Gasteiger partial charge < -0.3 is 10.2 Å². The van der Waals surface area contributed by atoms with Crippen molar-refractivity contribution in [1.82, 2.24) is 15.1 Å². The maximum atomic E-state index is 12.7. The Morgan fingerprint density at radius 2 is 1.93 bits per heavy atom. The van der Waals surface area contributed by atoms with Gasteiger partial charge in [0.2, 0.25) is 11.8 Å². The Morgan fingerprint density at radius 3 is 2.52 bits per heavy atom. The molecule has 1 aromatic rings. The number of amides is 2. The minimum Gasteiger partial charge on any atom is -0.351 e. The number of nitrogens with zero attached hydrogens (tertiary/aromatic N) is 2. The van der Waals surface area contributed by atoms with Crippen LogP contribution in [0.25, 0.3) is 0 Å². The number of aryl methyl sites for hydroxylation is 1. The molecule has 2 unspecified atom stereocenters. The zero-order valence-electron chi connectivity index (χ0n) is 17.3. The topological polar surface area (TPSA) is 52.7 Å². The molecule has 0 aromatic heterocycles. The number of rotatable bonds is 7. The van der Waals surface area contributed by atoms with Crippen LogP contribution in [0.3, 0.4) is 0 Å². The molecule has 2 rings (SSSR count). The summed E-state index contributed by atoms with van der Waals surface area (Å²) >= 11 is 0. The summed E-state index contributed by atoms with van der Waals surface area (Å²) in [5.74, 6) is -1.15. The summed E-state index contributed by atoms with van der Waals surface area (Å²) in [6, 6.07) is 7.41. The summed E-state index contributed by atoms with van der Waals surface area (Å²) in [7, 11) is 0. The molecule has 29 heavy (non-hydrogen) atoms. The second-order valence-corrected chi connectivity index (χ2v) is 7.68. The van der Waals surface area contributed by atoms with E-state index in [-0.39, 0.29) is 12.5 Å². The quantitative estimate of drug-likeness (QED) is 0.747. The van der Waals surface area contributed by atoms with E-state index in [2.05, 4.69) is 5.32 Å². The van der Waals surface area contributed by atoms with E-state index in [0.717, 1.165) is 16.0 Å². The molecule has 0 radical (unpaired) electrons. The summed E-state index contributed by atoms with van der Waals surface area (Å²) in [4.78, 5) is 27.9. The molecule has 5 nitrogen and oxygen atoms in total. The van der Waals surface area contributed by atoms with Gasteiger partial charge in [-0.25, -0.2) is 0 Å². The largest absolute Gasteiger partial charge is 0.406 e. The van der Waals surface area contributed by atoms with E-state index in [1.165, 1.54) is 0 Å². The van der Waals surface area contributed by atoms with Crippen LogP contribution in [0.5, 0.6) is 0 Å². The number of hydrogen-bond donors (Lipinski definition) is 1. The number of carbonyl (C=O) groups is 2. The second kappa shape index (κ2) is 10.1. The van der Waals surface area contributed by atoms with E-state index in [4.69, 9.17) is 0 Å². The Balaban J connectivity index is 1.91. The lowest BCUT2D eigenvalue weighted by molar-refractivity contribution is -0.164. The van der Waals surface area contributed by atoms with E-state index in [1.54, 1.807) is 13.8 Å². The number of carbonyl (C=O) groups excluding carboxylic acids is 2. The number of hydrogen-bond acceptors (Lipinski definition) is 3. The standard InChI is InChI=1S/C21H30F3N3O2/c1-4-26(14-21(22,23)24)20(29)18-6-5-11-27(13-18)16(3)19(28)25-12-17-9-7-15(2)8-10-17/h7-10,16,18H,4-6,11-14H2,1-3H3,(H,25,28). The lowest BCUT2D eigenvalue weighted by Crippen LogP contribution is -2.52. The molecule has 0 saturated carbocycles. The van der Waals surface area contributed by atoms with Crippen LogP contribution in [-0.2, 0) is 16.1 Å². The highest BCUT2D eigenvalue weighted by Crippen LogP contribution is 2.23. The highest BCUT2D eigenvalue weighted by Gasteiger charge is 2.37. The molecule has 2 atom stereocenters. The molecule has 162 valence electrons. The van der Waals surface area contributed by atoms with Crippen molar-refractivity contribution in [2.24, 2.45) is 5.92 Å². The Bertz CT molecular complexity index is 691. The van der Waals surface area contributed by atoms with Crippen molar-refractivity contribution < 1.29 is 22.8 Å². The molecule has 1 saturated heterocycles. The molecule has 0 spiro atoms. The van der Waals surface area contributed by atoms with Crippen molar-refractivity contribution in [3.63, 3.8) is 0 Å². The number of piperidine rings is 1. The van der Waals surface area contributed by atoms with Gasteiger partial charge in [0.05, 0.1) is 12.0 Å². The first kappa shape index (κ1) is 23.2. The molecule has 2 amide bonds. The monoisotopic (exact) mass is 413 g/mol. The molecule has 8 heteroatoms. The first-order valence-corrected chi connectivity index (χ1v) is 10.0. The minimum atomic E-state index is -4.41. The fourth-order valence-corrected chi connectivity index (χ4v) is 3.59. The number of likely N-dealkylation sites (tertiary alicyclic amines) is 1. The normalized spacial score (nSPS) is 18.9. The minimum absolute atomic E-state index is 0.0153. The van der Waals surface area contributed by atoms with Gasteiger partial charge in [-0.15, -0.1) is 0 Å². The van der Waals surface area contributed by atoms with Gasteiger partial charge >= 0.3 is 6.18 Å². The molecule has 1 N–H and O–H groups in total. The van der Waals surface area contributed by atoms with Crippen molar-refractivity contribution in [3.05, 3.63) is 35.4 Å². The first-order chi connectivity index (χ1) is 13.6. The molecular formula is C21H30F3N3O2. The SMILES string of the molecule is CCN(CC(F)(F)F)C(=O)C1CCCN(C(C)C(=O)NCc2ccc(C)cc2)C1. The van der Waals surface area contributed by atoms with Crippen LogP contribution >= 0.6 is 0 Å². The molecule has 1 aromatic carbocycles. The predicted molar refractivity (Wildman–Crippen MR) is 105 cm³/mol. The lowest BCUT2D eigenvalue weighted by Gasteiger charge is -2.37. The molecule has 1 fully saturated rings. The summed E-state index contributed by atoms with van der Waals surface area (Å²) in [5.41, 5.74) is 2.14. The smallest absolute Gasteiger partial charge is 0.351 e. The van der Waals surface area contributed by atoms with Gasteiger partial charge in [-0.3, -0.25) is 14.5 Å². The van der Waals surface area contributed by atoms with E-state index < -0.39 is 30.6 Å². The van der Waals surface area contributed by atoms with Crippen LogP contribution in [0.2, 0.25) is 0 Å². The Labute approximate surface area is 170 Å².